The SMILES string of the molecule is CC(NCCOC(N)=O)c1sccc1Br. The normalized spacial score (nSPS) is 12.4. The molecular formula is C9H13BrN2O2S. The van der Waals surface area contributed by atoms with E-state index < -0.39 is 6.09 Å². The van der Waals surface area contributed by atoms with Crippen molar-refractivity contribution in [2.24, 2.45) is 5.73 Å². The Hall–Kier alpha value is -0.590. The molecule has 0 aliphatic carbocycles. The highest BCUT2D eigenvalue weighted by Crippen LogP contribution is 2.28. The van der Waals surface area contributed by atoms with E-state index in [4.69, 9.17) is 5.73 Å². The van der Waals surface area contributed by atoms with E-state index in [1.807, 2.05) is 11.4 Å². The lowest BCUT2D eigenvalue weighted by Crippen LogP contribution is -2.25. The van der Waals surface area contributed by atoms with Crippen molar-refractivity contribution in [2.45, 2.75) is 13.0 Å². The molecule has 0 fully saturated rings. The van der Waals surface area contributed by atoms with Gasteiger partial charge in [0.1, 0.15) is 6.61 Å². The monoisotopic (exact) mass is 292 g/mol. The molecule has 0 bridgehead atoms. The van der Waals surface area contributed by atoms with Gasteiger partial charge in [0.25, 0.3) is 0 Å². The zero-order valence-corrected chi connectivity index (χ0v) is 10.7. The van der Waals surface area contributed by atoms with Crippen LogP contribution in [0, 0.1) is 0 Å². The molecule has 1 rings (SSSR count). The van der Waals surface area contributed by atoms with E-state index in [9.17, 15) is 4.79 Å². The van der Waals surface area contributed by atoms with Gasteiger partial charge in [-0.2, -0.15) is 0 Å². The minimum atomic E-state index is -0.734. The third-order valence-corrected chi connectivity index (χ3v) is 3.89. The van der Waals surface area contributed by atoms with E-state index in [2.05, 4.69) is 32.9 Å². The third-order valence-electron chi connectivity index (χ3n) is 1.83. The molecule has 4 nitrogen and oxygen atoms in total. The van der Waals surface area contributed by atoms with Crippen LogP contribution < -0.4 is 11.1 Å². The molecule has 15 heavy (non-hydrogen) atoms. The number of carbonyl (C=O) groups excluding carboxylic acids is 1. The molecule has 1 amide bonds. The maximum Gasteiger partial charge on any atom is 0.404 e. The number of amides is 1. The van der Waals surface area contributed by atoms with Gasteiger partial charge in [0.05, 0.1) is 0 Å². The molecule has 0 aliphatic rings. The van der Waals surface area contributed by atoms with Crippen LogP contribution in [-0.2, 0) is 4.74 Å². The second-order valence-corrected chi connectivity index (χ2v) is 4.78. The number of halogens is 1. The average Bonchev–Trinajstić information content (AvgIpc) is 2.58. The van der Waals surface area contributed by atoms with Crippen LogP contribution in [0.1, 0.15) is 17.8 Å². The molecular weight excluding hydrogens is 280 g/mol. The first-order valence-electron chi connectivity index (χ1n) is 4.49. The minimum absolute atomic E-state index is 0.232. The highest BCUT2D eigenvalue weighted by atomic mass is 79.9. The van der Waals surface area contributed by atoms with Crippen molar-refractivity contribution >= 4 is 33.4 Å². The Kier molecular flexibility index (Phi) is 5.07. The second kappa shape index (κ2) is 6.09. The summed E-state index contributed by atoms with van der Waals surface area (Å²) in [5.41, 5.74) is 4.83. The van der Waals surface area contributed by atoms with Crippen LogP contribution in [0.2, 0.25) is 0 Å². The summed E-state index contributed by atoms with van der Waals surface area (Å²) < 4.78 is 5.71. The molecule has 0 radical (unpaired) electrons. The fourth-order valence-electron chi connectivity index (χ4n) is 1.13. The van der Waals surface area contributed by atoms with Gasteiger partial charge in [-0.1, -0.05) is 0 Å². The Labute approximate surface area is 101 Å². The summed E-state index contributed by atoms with van der Waals surface area (Å²) in [4.78, 5) is 11.5. The van der Waals surface area contributed by atoms with E-state index in [1.54, 1.807) is 11.3 Å². The maximum atomic E-state index is 10.3. The Balaban J connectivity index is 2.28. The topological polar surface area (TPSA) is 64.3 Å². The summed E-state index contributed by atoms with van der Waals surface area (Å²) >= 11 is 5.14. The van der Waals surface area contributed by atoms with Crippen LogP contribution in [-0.4, -0.2) is 19.2 Å². The number of hydrogen-bond donors (Lipinski definition) is 2. The maximum absolute atomic E-state index is 10.3. The Morgan fingerprint density at radius 1 is 1.80 bits per heavy atom. The van der Waals surface area contributed by atoms with Gasteiger partial charge in [0, 0.05) is 21.9 Å². The van der Waals surface area contributed by atoms with Crippen molar-refractivity contribution in [3.8, 4) is 0 Å². The Morgan fingerprint density at radius 2 is 2.53 bits per heavy atom. The molecule has 0 spiro atoms. The minimum Gasteiger partial charge on any atom is -0.448 e. The van der Waals surface area contributed by atoms with Crippen molar-refractivity contribution in [3.05, 3.63) is 20.8 Å². The lowest BCUT2D eigenvalue weighted by atomic mass is 10.3. The van der Waals surface area contributed by atoms with Gasteiger partial charge in [-0.15, -0.1) is 11.3 Å². The lowest BCUT2D eigenvalue weighted by Gasteiger charge is -2.12. The van der Waals surface area contributed by atoms with Crippen molar-refractivity contribution in [2.75, 3.05) is 13.2 Å². The lowest BCUT2D eigenvalue weighted by molar-refractivity contribution is 0.156. The van der Waals surface area contributed by atoms with Crippen LogP contribution in [0.15, 0.2) is 15.9 Å². The average molecular weight is 293 g/mol. The molecule has 1 unspecified atom stereocenters. The molecule has 6 heteroatoms. The fraction of sp³-hybridized carbons (Fsp3) is 0.444. The van der Waals surface area contributed by atoms with E-state index in [0.29, 0.717) is 13.2 Å². The summed E-state index contributed by atoms with van der Waals surface area (Å²) in [6.07, 6.45) is -0.734. The molecule has 0 aromatic carbocycles. The van der Waals surface area contributed by atoms with Crippen LogP contribution >= 0.6 is 27.3 Å². The summed E-state index contributed by atoms with van der Waals surface area (Å²) in [6.45, 7) is 2.94. The first-order valence-corrected chi connectivity index (χ1v) is 6.17. The Morgan fingerprint density at radius 3 is 3.07 bits per heavy atom. The quantitative estimate of drug-likeness (QED) is 0.818. The first kappa shape index (κ1) is 12.5. The molecule has 1 aromatic heterocycles. The molecule has 1 heterocycles. The van der Waals surface area contributed by atoms with Crippen LogP contribution in [0.4, 0.5) is 4.79 Å². The zero-order chi connectivity index (χ0) is 11.3. The van der Waals surface area contributed by atoms with Gasteiger partial charge < -0.3 is 15.8 Å². The predicted molar refractivity (Wildman–Crippen MR) is 64.0 cm³/mol. The van der Waals surface area contributed by atoms with Crippen molar-refractivity contribution < 1.29 is 9.53 Å². The molecule has 0 aliphatic heterocycles. The molecule has 1 atom stereocenters. The number of carbonyl (C=O) groups is 1. The highest BCUT2D eigenvalue weighted by Gasteiger charge is 2.09. The van der Waals surface area contributed by atoms with Crippen molar-refractivity contribution in [1.29, 1.82) is 0 Å². The van der Waals surface area contributed by atoms with Crippen molar-refractivity contribution in [3.63, 3.8) is 0 Å². The zero-order valence-electron chi connectivity index (χ0n) is 8.33. The van der Waals surface area contributed by atoms with E-state index in [-0.39, 0.29) is 6.04 Å². The second-order valence-electron chi connectivity index (χ2n) is 2.98. The Bertz CT molecular complexity index is 330. The number of primary amides is 1. The van der Waals surface area contributed by atoms with Crippen LogP contribution in [0.5, 0.6) is 0 Å². The van der Waals surface area contributed by atoms with E-state index in [1.165, 1.54) is 4.88 Å². The number of nitrogens with one attached hydrogen (secondary N) is 1. The largest absolute Gasteiger partial charge is 0.448 e. The summed E-state index contributed by atoms with van der Waals surface area (Å²) in [5.74, 6) is 0. The molecule has 1 aromatic rings. The third kappa shape index (κ3) is 4.19. The number of rotatable bonds is 5. The van der Waals surface area contributed by atoms with Crippen molar-refractivity contribution in [1.82, 2.24) is 5.32 Å². The van der Waals surface area contributed by atoms with Gasteiger partial charge >= 0.3 is 6.09 Å². The fourth-order valence-corrected chi connectivity index (χ4v) is 2.88. The van der Waals surface area contributed by atoms with Crippen LogP contribution in [0.25, 0.3) is 0 Å². The van der Waals surface area contributed by atoms with Gasteiger partial charge in [0.2, 0.25) is 0 Å². The van der Waals surface area contributed by atoms with Gasteiger partial charge in [-0.3, -0.25) is 0 Å². The molecule has 0 saturated heterocycles. The van der Waals surface area contributed by atoms with E-state index in [0.717, 1.165) is 4.47 Å². The standard InChI is InChI=1S/C9H13BrN2O2S/c1-6(8-7(10)2-5-15-8)12-3-4-14-9(11)13/h2,5-6,12H,3-4H2,1H3,(H2,11,13). The highest BCUT2D eigenvalue weighted by molar-refractivity contribution is 9.10. The van der Waals surface area contributed by atoms with Gasteiger partial charge in [-0.05, 0) is 34.3 Å². The number of hydrogen-bond acceptors (Lipinski definition) is 4. The van der Waals surface area contributed by atoms with Crippen LogP contribution in [0.3, 0.4) is 0 Å². The molecule has 0 saturated carbocycles. The van der Waals surface area contributed by atoms with Gasteiger partial charge in [0.15, 0.2) is 0 Å². The summed E-state index contributed by atoms with van der Waals surface area (Å²) in [5, 5.41) is 5.25. The predicted octanol–water partition coefficient (Wildman–Crippen LogP) is 2.26. The summed E-state index contributed by atoms with van der Waals surface area (Å²) in [7, 11) is 0. The number of ether oxygens (including phenoxy) is 1. The van der Waals surface area contributed by atoms with E-state index >= 15 is 0 Å². The number of thiophene rings is 1. The smallest absolute Gasteiger partial charge is 0.404 e. The summed E-state index contributed by atoms with van der Waals surface area (Å²) in [6, 6.07) is 2.24. The number of nitrogens with two attached hydrogens (primary N) is 1. The molecule has 84 valence electrons. The molecule has 3 N–H and O–H groups in total. The first-order chi connectivity index (χ1) is 7.11. The van der Waals surface area contributed by atoms with Gasteiger partial charge in [-0.25, -0.2) is 4.79 Å².